The Morgan fingerprint density at radius 3 is 2.90 bits per heavy atom. The minimum absolute atomic E-state index is 0.0267. The van der Waals surface area contributed by atoms with Gasteiger partial charge in [-0.05, 0) is 32.3 Å². The zero-order valence-electron chi connectivity index (χ0n) is 17.1. The molecule has 0 N–H and O–H groups in total. The summed E-state index contributed by atoms with van der Waals surface area (Å²) >= 11 is 0. The quantitative estimate of drug-likeness (QED) is 0.792. The average Bonchev–Trinajstić information content (AvgIpc) is 3.28. The van der Waals surface area contributed by atoms with Crippen LogP contribution in [0.15, 0.2) is 24.7 Å². The number of hydrogen-bond acceptors (Lipinski definition) is 5. The molecule has 2 amide bonds. The number of fused-ring (bicyclic) bond motifs is 1. The molecule has 8 nitrogen and oxygen atoms in total. The minimum atomic E-state index is -0.0267. The van der Waals surface area contributed by atoms with Crippen molar-refractivity contribution in [2.45, 2.75) is 64.6 Å². The number of hydrogen-bond donors (Lipinski definition) is 0. The third-order valence-corrected chi connectivity index (χ3v) is 5.96. The molecule has 8 heteroatoms. The van der Waals surface area contributed by atoms with Crippen LogP contribution in [0.2, 0.25) is 0 Å². The molecule has 4 rings (SSSR count). The van der Waals surface area contributed by atoms with Gasteiger partial charge in [0, 0.05) is 63.6 Å². The molecule has 0 saturated carbocycles. The summed E-state index contributed by atoms with van der Waals surface area (Å²) in [4.78, 5) is 37.9. The molecule has 2 aromatic rings. The number of likely N-dealkylation sites (tertiary alicyclic amines) is 1. The monoisotopic (exact) mass is 396 g/mol. The van der Waals surface area contributed by atoms with Crippen LogP contribution < -0.4 is 0 Å². The lowest BCUT2D eigenvalue weighted by atomic mass is 10.00. The summed E-state index contributed by atoms with van der Waals surface area (Å²) in [6.07, 6.45) is 9.64. The summed E-state index contributed by atoms with van der Waals surface area (Å²) in [5.74, 6) is 0.947. The normalized spacial score (nSPS) is 20.3. The molecule has 0 aromatic carbocycles. The minimum Gasteiger partial charge on any atom is -0.338 e. The summed E-state index contributed by atoms with van der Waals surface area (Å²) < 4.78 is 1.82. The molecule has 2 aliphatic heterocycles. The van der Waals surface area contributed by atoms with Crippen LogP contribution in [0, 0.1) is 0 Å². The van der Waals surface area contributed by atoms with Gasteiger partial charge in [-0.25, -0.2) is 9.97 Å². The van der Waals surface area contributed by atoms with Gasteiger partial charge in [-0.2, -0.15) is 5.10 Å². The van der Waals surface area contributed by atoms with E-state index in [1.807, 2.05) is 39.9 Å². The third kappa shape index (κ3) is 4.16. The first kappa shape index (κ1) is 19.5. The number of carbonyl (C=O) groups is 2. The van der Waals surface area contributed by atoms with E-state index in [0.29, 0.717) is 19.5 Å². The van der Waals surface area contributed by atoms with Crippen LogP contribution in [0.4, 0.5) is 0 Å². The number of amides is 2. The summed E-state index contributed by atoms with van der Waals surface area (Å²) in [6, 6.07) is 1.87. The van der Waals surface area contributed by atoms with E-state index >= 15 is 0 Å². The molecule has 0 radical (unpaired) electrons. The Labute approximate surface area is 170 Å². The maximum Gasteiger partial charge on any atom is 0.225 e. The number of aromatic nitrogens is 4. The van der Waals surface area contributed by atoms with E-state index in [9.17, 15) is 9.59 Å². The molecular formula is C21H28N6O2. The third-order valence-electron chi connectivity index (χ3n) is 5.96. The second kappa shape index (κ2) is 8.31. The molecule has 154 valence electrons. The van der Waals surface area contributed by atoms with Crippen LogP contribution in [0.1, 0.15) is 68.7 Å². The van der Waals surface area contributed by atoms with E-state index in [0.717, 1.165) is 49.3 Å². The zero-order valence-corrected chi connectivity index (χ0v) is 17.1. The van der Waals surface area contributed by atoms with Gasteiger partial charge in [0.1, 0.15) is 0 Å². The van der Waals surface area contributed by atoms with Crippen molar-refractivity contribution >= 4 is 11.8 Å². The van der Waals surface area contributed by atoms with Gasteiger partial charge in [-0.3, -0.25) is 14.3 Å². The number of rotatable bonds is 4. The summed E-state index contributed by atoms with van der Waals surface area (Å²) in [7, 11) is 0. The molecule has 2 aliphatic rings. The molecule has 0 aliphatic carbocycles. The Morgan fingerprint density at radius 1 is 1.28 bits per heavy atom. The molecule has 0 spiro atoms. The van der Waals surface area contributed by atoms with Crippen molar-refractivity contribution in [2.24, 2.45) is 0 Å². The molecule has 4 heterocycles. The predicted molar refractivity (Wildman–Crippen MR) is 107 cm³/mol. The molecule has 1 fully saturated rings. The van der Waals surface area contributed by atoms with Crippen LogP contribution in [-0.4, -0.2) is 54.5 Å². The van der Waals surface area contributed by atoms with E-state index in [4.69, 9.17) is 4.98 Å². The fourth-order valence-corrected chi connectivity index (χ4v) is 4.30. The van der Waals surface area contributed by atoms with Crippen LogP contribution in [0.5, 0.6) is 0 Å². The van der Waals surface area contributed by atoms with Crippen molar-refractivity contribution < 1.29 is 9.59 Å². The lowest BCUT2D eigenvalue weighted by Crippen LogP contribution is -2.39. The molecule has 1 saturated heterocycles. The van der Waals surface area contributed by atoms with Gasteiger partial charge in [-0.1, -0.05) is 0 Å². The lowest BCUT2D eigenvalue weighted by Gasteiger charge is -2.35. The van der Waals surface area contributed by atoms with Crippen molar-refractivity contribution in [1.29, 1.82) is 0 Å². The first-order valence-electron chi connectivity index (χ1n) is 10.4. The molecule has 29 heavy (non-hydrogen) atoms. The average molecular weight is 396 g/mol. The van der Waals surface area contributed by atoms with Crippen LogP contribution in [0.3, 0.4) is 0 Å². The molecular weight excluding hydrogens is 368 g/mol. The van der Waals surface area contributed by atoms with Crippen molar-refractivity contribution in [3.63, 3.8) is 0 Å². The SMILES string of the molecule is CC(=O)N1CCCC[C@@H]1c1ncc2c(n1)CCN(C(=O)C[C@H](C)n1cccn1)C2. The molecule has 2 aromatic heterocycles. The molecule has 0 bridgehead atoms. The topological polar surface area (TPSA) is 84.2 Å². The van der Waals surface area contributed by atoms with E-state index in [1.165, 1.54) is 0 Å². The van der Waals surface area contributed by atoms with Gasteiger partial charge in [0.25, 0.3) is 0 Å². The van der Waals surface area contributed by atoms with E-state index in [2.05, 4.69) is 10.1 Å². The van der Waals surface area contributed by atoms with Gasteiger partial charge < -0.3 is 9.80 Å². The highest BCUT2D eigenvalue weighted by molar-refractivity contribution is 5.77. The van der Waals surface area contributed by atoms with E-state index in [-0.39, 0.29) is 23.9 Å². The zero-order chi connectivity index (χ0) is 20.4. The Hall–Kier alpha value is -2.77. The van der Waals surface area contributed by atoms with Crippen molar-refractivity contribution in [3.8, 4) is 0 Å². The van der Waals surface area contributed by atoms with Gasteiger partial charge in [0.15, 0.2) is 5.82 Å². The number of piperidine rings is 1. The van der Waals surface area contributed by atoms with Gasteiger partial charge >= 0.3 is 0 Å². The number of nitrogens with zero attached hydrogens (tertiary/aromatic N) is 6. The fraction of sp³-hybridized carbons (Fsp3) is 0.571. The smallest absolute Gasteiger partial charge is 0.225 e. The maximum absolute atomic E-state index is 12.7. The van der Waals surface area contributed by atoms with Crippen LogP contribution in [-0.2, 0) is 22.6 Å². The molecule has 2 atom stereocenters. The van der Waals surface area contributed by atoms with Crippen molar-refractivity contribution in [1.82, 2.24) is 29.5 Å². The highest BCUT2D eigenvalue weighted by Crippen LogP contribution is 2.30. The standard InChI is InChI=1S/C21H28N6O2/c1-15(27-10-5-8-23-27)12-20(29)25-11-7-18-17(14-25)13-22-21(24-18)19-6-3-4-9-26(19)16(2)28/h5,8,10,13,15,19H,3-4,6-7,9,11-12,14H2,1-2H3/t15-,19+/m0/s1. The second-order valence-electron chi connectivity index (χ2n) is 8.03. The van der Waals surface area contributed by atoms with Crippen LogP contribution >= 0.6 is 0 Å². The molecule has 0 unspecified atom stereocenters. The highest BCUT2D eigenvalue weighted by atomic mass is 16.2. The first-order valence-corrected chi connectivity index (χ1v) is 10.4. The number of carbonyl (C=O) groups excluding carboxylic acids is 2. The lowest BCUT2D eigenvalue weighted by molar-refractivity contribution is -0.133. The van der Waals surface area contributed by atoms with E-state index < -0.39 is 0 Å². The van der Waals surface area contributed by atoms with Gasteiger partial charge in [0.05, 0.1) is 17.8 Å². The van der Waals surface area contributed by atoms with Crippen molar-refractivity contribution in [3.05, 3.63) is 41.7 Å². The van der Waals surface area contributed by atoms with Gasteiger partial charge in [-0.15, -0.1) is 0 Å². The largest absolute Gasteiger partial charge is 0.338 e. The summed E-state index contributed by atoms with van der Waals surface area (Å²) in [5.41, 5.74) is 2.01. The Morgan fingerprint density at radius 2 is 2.14 bits per heavy atom. The maximum atomic E-state index is 12.7. The summed E-state index contributed by atoms with van der Waals surface area (Å²) in [6.45, 7) is 5.60. The van der Waals surface area contributed by atoms with Crippen LogP contribution in [0.25, 0.3) is 0 Å². The predicted octanol–water partition coefficient (Wildman–Crippen LogP) is 2.28. The van der Waals surface area contributed by atoms with E-state index in [1.54, 1.807) is 13.1 Å². The Balaban J connectivity index is 1.44. The van der Waals surface area contributed by atoms with Gasteiger partial charge in [0.2, 0.25) is 11.8 Å². The fourth-order valence-electron chi connectivity index (χ4n) is 4.30. The summed E-state index contributed by atoms with van der Waals surface area (Å²) in [5, 5.41) is 4.22. The first-order chi connectivity index (χ1) is 14.0. The Kier molecular flexibility index (Phi) is 5.60. The Bertz CT molecular complexity index is 881. The van der Waals surface area contributed by atoms with Crippen molar-refractivity contribution in [2.75, 3.05) is 13.1 Å². The highest BCUT2D eigenvalue weighted by Gasteiger charge is 2.30. The second-order valence-corrected chi connectivity index (χ2v) is 8.03.